The number of para-hydroxylation sites is 1. The molecule has 0 radical (unpaired) electrons. The first kappa shape index (κ1) is 24.6. The summed E-state index contributed by atoms with van der Waals surface area (Å²) in [6, 6.07) is 15.9. The van der Waals surface area contributed by atoms with Crippen molar-refractivity contribution in [3.8, 4) is 5.75 Å². The molecule has 4 N–H and O–H groups in total. The minimum Gasteiger partial charge on any atom is -0.497 e. The van der Waals surface area contributed by atoms with Crippen LogP contribution in [0.25, 0.3) is 0 Å². The van der Waals surface area contributed by atoms with Crippen LogP contribution < -0.4 is 20.7 Å². The maximum atomic E-state index is 13.0. The molecule has 34 heavy (non-hydrogen) atoms. The fourth-order valence-corrected chi connectivity index (χ4v) is 3.05. The number of carbonyl (C=O) groups is 2. The van der Waals surface area contributed by atoms with E-state index in [1.807, 2.05) is 0 Å². The van der Waals surface area contributed by atoms with Crippen LogP contribution in [0.5, 0.6) is 5.75 Å². The highest BCUT2D eigenvalue weighted by Crippen LogP contribution is 2.32. The molecular formula is C24H22F3N3O4. The number of aliphatic hydroxyl groups is 1. The Morgan fingerprint density at radius 2 is 1.68 bits per heavy atom. The topological polar surface area (TPSA) is 99.7 Å². The molecular weight excluding hydrogens is 451 g/mol. The van der Waals surface area contributed by atoms with Crippen LogP contribution in [0.1, 0.15) is 15.9 Å². The van der Waals surface area contributed by atoms with E-state index in [4.69, 9.17) is 4.74 Å². The molecule has 10 heteroatoms. The second kappa shape index (κ2) is 10.7. The van der Waals surface area contributed by atoms with Crippen LogP contribution >= 0.6 is 0 Å². The normalized spacial score (nSPS) is 11.9. The van der Waals surface area contributed by atoms with E-state index in [1.54, 1.807) is 36.4 Å². The van der Waals surface area contributed by atoms with E-state index in [0.29, 0.717) is 11.4 Å². The van der Waals surface area contributed by atoms with Crippen molar-refractivity contribution >= 4 is 28.9 Å². The molecule has 0 aliphatic carbocycles. The number of hydrogen-bond acceptors (Lipinski definition) is 5. The van der Waals surface area contributed by atoms with Gasteiger partial charge in [-0.2, -0.15) is 13.2 Å². The summed E-state index contributed by atoms with van der Waals surface area (Å²) in [7, 11) is 1.50. The van der Waals surface area contributed by atoms with Gasteiger partial charge in [-0.1, -0.05) is 18.2 Å². The van der Waals surface area contributed by atoms with Gasteiger partial charge < -0.3 is 25.8 Å². The first-order valence-corrected chi connectivity index (χ1v) is 10.1. The van der Waals surface area contributed by atoms with Gasteiger partial charge in [-0.3, -0.25) is 9.59 Å². The van der Waals surface area contributed by atoms with Crippen molar-refractivity contribution in [3.63, 3.8) is 0 Å². The first-order valence-electron chi connectivity index (χ1n) is 10.1. The summed E-state index contributed by atoms with van der Waals surface area (Å²) in [4.78, 5) is 25.4. The lowest BCUT2D eigenvalue weighted by Crippen LogP contribution is -2.46. The fourth-order valence-electron chi connectivity index (χ4n) is 3.05. The third kappa shape index (κ3) is 6.26. The molecule has 3 aromatic rings. The zero-order valence-corrected chi connectivity index (χ0v) is 18.0. The van der Waals surface area contributed by atoms with Crippen LogP contribution in [-0.2, 0) is 11.0 Å². The van der Waals surface area contributed by atoms with Gasteiger partial charge in [0, 0.05) is 11.4 Å². The maximum absolute atomic E-state index is 13.0. The summed E-state index contributed by atoms with van der Waals surface area (Å²) >= 11 is 0. The molecule has 1 atom stereocenters. The number of alkyl halides is 3. The standard InChI is InChI=1S/C24H22F3N3O4/c1-34-18-11-9-16(10-12-18)29-23(33)21(14-31)30-22(32)19-7-2-3-8-20(19)28-17-6-4-5-15(13-17)24(25,26)27/h2-13,21,28,31H,14H2,1H3,(H,29,33)(H,30,32). The number of amides is 2. The predicted molar refractivity (Wildman–Crippen MR) is 121 cm³/mol. The van der Waals surface area contributed by atoms with Gasteiger partial charge in [-0.25, -0.2) is 0 Å². The van der Waals surface area contributed by atoms with Gasteiger partial charge >= 0.3 is 6.18 Å². The average molecular weight is 473 g/mol. The summed E-state index contributed by atoms with van der Waals surface area (Å²) in [5, 5.41) is 17.5. The number of nitrogens with one attached hydrogen (secondary N) is 3. The number of ether oxygens (including phenoxy) is 1. The third-order valence-corrected chi connectivity index (χ3v) is 4.80. The highest BCUT2D eigenvalue weighted by molar-refractivity contribution is 6.04. The number of carbonyl (C=O) groups excluding carboxylic acids is 2. The summed E-state index contributed by atoms with van der Waals surface area (Å²) in [5.41, 5.74) is 0.0355. The van der Waals surface area contributed by atoms with E-state index in [2.05, 4.69) is 16.0 Å². The lowest BCUT2D eigenvalue weighted by Gasteiger charge is -2.18. The van der Waals surface area contributed by atoms with Gasteiger partial charge in [0.2, 0.25) is 5.91 Å². The monoisotopic (exact) mass is 473 g/mol. The van der Waals surface area contributed by atoms with Crippen molar-refractivity contribution in [2.75, 3.05) is 24.4 Å². The number of halogens is 3. The Hall–Kier alpha value is -4.05. The van der Waals surface area contributed by atoms with Crippen molar-refractivity contribution in [2.45, 2.75) is 12.2 Å². The molecule has 0 aliphatic heterocycles. The first-order chi connectivity index (χ1) is 16.2. The van der Waals surface area contributed by atoms with Crippen molar-refractivity contribution in [1.82, 2.24) is 5.32 Å². The number of rotatable bonds is 8. The van der Waals surface area contributed by atoms with Crippen LogP contribution in [0.4, 0.5) is 30.2 Å². The molecule has 1 unspecified atom stereocenters. The number of hydrogen-bond donors (Lipinski definition) is 4. The Labute approximate surface area is 193 Å². The molecule has 0 saturated heterocycles. The zero-order valence-electron chi connectivity index (χ0n) is 18.0. The Morgan fingerprint density at radius 1 is 0.971 bits per heavy atom. The van der Waals surface area contributed by atoms with Gasteiger partial charge in [-0.05, 0) is 54.6 Å². The van der Waals surface area contributed by atoms with E-state index >= 15 is 0 Å². The van der Waals surface area contributed by atoms with Crippen LogP contribution in [-0.4, -0.2) is 36.7 Å². The van der Waals surface area contributed by atoms with E-state index in [9.17, 15) is 27.9 Å². The Kier molecular flexibility index (Phi) is 7.75. The second-order valence-corrected chi connectivity index (χ2v) is 7.18. The number of benzene rings is 3. The van der Waals surface area contributed by atoms with Crippen molar-refractivity contribution in [2.24, 2.45) is 0 Å². The average Bonchev–Trinajstić information content (AvgIpc) is 2.82. The summed E-state index contributed by atoms with van der Waals surface area (Å²) in [6.45, 7) is -0.670. The number of anilines is 3. The molecule has 0 bridgehead atoms. The molecule has 178 valence electrons. The molecule has 0 aromatic heterocycles. The Morgan fingerprint density at radius 3 is 2.32 bits per heavy atom. The molecule has 0 aliphatic rings. The van der Waals surface area contributed by atoms with E-state index in [0.717, 1.165) is 12.1 Å². The lowest BCUT2D eigenvalue weighted by atomic mass is 10.1. The minimum atomic E-state index is -4.51. The van der Waals surface area contributed by atoms with Crippen molar-refractivity contribution in [3.05, 3.63) is 83.9 Å². The van der Waals surface area contributed by atoms with Crippen LogP contribution in [0.3, 0.4) is 0 Å². The molecule has 3 rings (SSSR count). The van der Waals surface area contributed by atoms with E-state index < -0.39 is 36.2 Å². The molecule has 2 amide bonds. The SMILES string of the molecule is COc1ccc(NC(=O)C(CO)NC(=O)c2ccccc2Nc2cccc(C(F)(F)F)c2)cc1. The van der Waals surface area contributed by atoms with E-state index in [-0.39, 0.29) is 16.9 Å². The lowest BCUT2D eigenvalue weighted by molar-refractivity contribution is -0.137. The second-order valence-electron chi connectivity index (χ2n) is 7.18. The summed E-state index contributed by atoms with van der Waals surface area (Å²) in [5.74, 6) is -0.752. The Bertz CT molecular complexity index is 1150. The minimum absolute atomic E-state index is 0.0793. The highest BCUT2D eigenvalue weighted by Gasteiger charge is 2.30. The smallest absolute Gasteiger partial charge is 0.416 e. The van der Waals surface area contributed by atoms with Crippen LogP contribution in [0.15, 0.2) is 72.8 Å². The van der Waals surface area contributed by atoms with Gasteiger partial charge in [0.15, 0.2) is 0 Å². The van der Waals surface area contributed by atoms with Crippen molar-refractivity contribution in [1.29, 1.82) is 0 Å². The largest absolute Gasteiger partial charge is 0.497 e. The van der Waals surface area contributed by atoms with E-state index in [1.165, 1.54) is 31.4 Å². The van der Waals surface area contributed by atoms with Gasteiger partial charge in [0.1, 0.15) is 11.8 Å². The quantitative estimate of drug-likeness (QED) is 0.393. The highest BCUT2D eigenvalue weighted by atomic mass is 19.4. The Balaban J connectivity index is 1.73. The van der Waals surface area contributed by atoms with Gasteiger partial charge in [0.05, 0.1) is 30.5 Å². The third-order valence-electron chi connectivity index (χ3n) is 4.80. The zero-order chi connectivity index (χ0) is 24.7. The molecule has 0 heterocycles. The molecule has 0 spiro atoms. The fraction of sp³-hybridized carbons (Fsp3) is 0.167. The number of methoxy groups -OCH3 is 1. The molecule has 0 saturated carbocycles. The summed E-state index contributed by atoms with van der Waals surface area (Å²) < 4.78 is 44.1. The predicted octanol–water partition coefficient (Wildman–Crippen LogP) is 4.19. The van der Waals surface area contributed by atoms with Gasteiger partial charge in [-0.15, -0.1) is 0 Å². The molecule has 0 fully saturated rings. The van der Waals surface area contributed by atoms with Gasteiger partial charge in [0.25, 0.3) is 5.91 Å². The van der Waals surface area contributed by atoms with Crippen LogP contribution in [0, 0.1) is 0 Å². The summed E-state index contributed by atoms with van der Waals surface area (Å²) in [6.07, 6.45) is -4.51. The number of aliphatic hydroxyl groups excluding tert-OH is 1. The van der Waals surface area contributed by atoms with Crippen molar-refractivity contribution < 1.29 is 32.6 Å². The molecule has 7 nitrogen and oxygen atoms in total. The van der Waals surface area contributed by atoms with Crippen LogP contribution in [0.2, 0.25) is 0 Å². The molecule has 3 aromatic carbocycles. The maximum Gasteiger partial charge on any atom is 0.416 e.